The molecule has 0 atom stereocenters. The van der Waals surface area contributed by atoms with Crippen molar-refractivity contribution in [2.75, 3.05) is 0 Å². The lowest BCUT2D eigenvalue weighted by molar-refractivity contribution is 1.20. The van der Waals surface area contributed by atoms with Gasteiger partial charge in [0.2, 0.25) is 0 Å². The molecular formula is C22H28Si2. The zero-order valence-electron chi connectivity index (χ0n) is 15.9. The third kappa shape index (κ3) is 6.04. The Labute approximate surface area is 149 Å². The van der Waals surface area contributed by atoms with E-state index in [-0.39, 0.29) is 0 Å². The second-order valence-electron chi connectivity index (χ2n) is 8.43. The molecule has 2 rings (SSSR count). The van der Waals surface area contributed by atoms with Gasteiger partial charge in [-0.15, -0.1) is 22.9 Å². The molecule has 0 N–H and O–H groups in total. The van der Waals surface area contributed by atoms with Crippen LogP contribution in [0.25, 0.3) is 10.8 Å². The lowest BCUT2D eigenvalue weighted by Gasteiger charge is -2.09. The molecule has 0 aliphatic heterocycles. The summed E-state index contributed by atoms with van der Waals surface area (Å²) in [6.07, 6.45) is 1.66. The largest absolute Gasteiger partial charge is 0.132 e. The van der Waals surface area contributed by atoms with Crippen LogP contribution in [0.5, 0.6) is 0 Å². The minimum absolute atomic E-state index is 0.832. The van der Waals surface area contributed by atoms with Gasteiger partial charge in [-0.2, -0.15) is 0 Å². The smallest absolute Gasteiger partial charge is 0.129 e. The van der Waals surface area contributed by atoms with Crippen molar-refractivity contribution in [2.45, 2.75) is 52.1 Å². The third-order valence-electron chi connectivity index (χ3n) is 3.55. The maximum Gasteiger partial charge on any atom is 0.129 e. The van der Waals surface area contributed by atoms with Crippen molar-refractivity contribution in [1.29, 1.82) is 0 Å². The normalized spacial score (nSPS) is 11.4. The summed E-state index contributed by atoms with van der Waals surface area (Å²) < 4.78 is 0. The van der Waals surface area contributed by atoms with Gasteiger partial charge in [0.15, 0.2) is 0 Å². The summed E-state index contributed by atoms with van der Waals surface area (Å²) in [4.78, 5) is 0. The SMILES string of the molecule is C[Si](C)(C)C#CCc1cc2ccccc2cc1CC#C[Si](C)(C)C. The van der Waals surface area contributed by atoms with E-state index in [2.05, 4.69) is 98.6 Å². The van der Waals surface area contributed by atoms with Gasteiger partial charge in [0.25, 0.3) is 0 Å². The standard InChI is InChI=1S/C22H28Si2/c1-23(2,3)15-9-13-21-17-19-11-7-8-12-20(19)18-22(21)14-10-16-24(4,5)6/h7-8,11-12,17-18H,13-14H2,1-6H3. The molecule has 0 saturated heterocycles. The van der Waals surface area contributed by atoms with E-state index in [1.807, 2.05) is 0 Å². The Bertz CT molecular complexity index is 769. The van der Waals surface area contributed by atoms with Gasteiger partial charge in [-0.3, -0.25) is 0 Å². The molecule has 0 amide bonds. The molecule has 2 aromatic rings. The van der Waals surface area contributed by atoms with Crippen LogP contribution in [0.2, 0.25) is 39.3 Å². The van der Waals surface area contributed by atoms with Crippen molar-refractivity contribution >= 4 is 26.9 Å². The predicted molar refractivity (Wildman–Crippen MR) is 114 cm³/mol. The molecule has 124 valence electrons. The second kappa shape index (κ2) is 7.43. The Morgan fingerprint density at radius 2 is 1.04 bits per heavy atom. The highest BCUT2D eigenvalue weighted by atomic mass is 28.3. The number of hydrogen-bond donors (Lipinski definition) is 0. The van der Waals surface area contributed by atoms with Gasteiger partial charge in [0.1, 0.15) is 16.1 Å². The fraction of sp³-hybridized carbons (Fsp3) is 0.364. The summed E-state index contributed by atoms with van der Waals surface area (Å²) >= 11 is 0. The number of rotatable bonds is 2. The molecule has 2 heteroatoms. The predicted octanol–water partition coefficient (Wildman–Crippen LogP) is 5.69. The van der Waals surface area contributed by atoms with Crippen molar-refractivity contribution < 1.29 is 0 Å². The van der Waals surface area contributed by atoms with Crippen LogP contribution in [0.4, 0.5) is 0 Å². The van der Waals surface area contributed by atoms with Crippen molar-refractivity contribution in [3.05, 3.63) is 47.5 Å². The summed E-state index contributed by atoms with van der Waals surface area (Å²) in [6.45, 7) is 13.8. The highest BCUT2D eigenvalue weighted by molar-refractivity contribution is 6.84. The quantitative estimate of drug-likeness (QED) is 0.483. The molecule has 0 aliphatic carbocycles. The van der Waals surface area contributed by atoms with Gasteiger partial charge in [0, 0.05) is 12.8 Å². The Morgan fingerprint density at radius 3 is 1.38 bits per heavy atom. The minimum Gasteiger partial charge on any atom is -0.132 e. The lowest BCUT2D eigenvalue weighted by Crippen LogP contribution is -2.16. The van der Waals surface area contributed by atoms with Crippen LogP contribution >= 0.6 is 0 Å². The third-order valence-corrected chi connectivity index (χ3v) is 5.41. The van der Waals surface area contributed by atoms with Crippen LogP contribution in [-0.2, 0) is 12.8 Å². The van der Waals surface area contributed by atoms with Gasteiger partial charge >= 0.3 is 0 Å². The molecule has 0 nitrogen and oxygen atoms in total. The highest BCUT2D eigenvalue weighted by Gasteiger charge is 2.09. The number of fused-ring (bicyclic) bond motifs is 1. The molecular weight excluding hydrogens is 320 g/mol. The molecule has 0 spiro atoms. The Balaban J connectivity index is 2.39. The Hall–Kier alpha value is -1.75. The van der Waals surface area contributed by atoms with Crippen molar-refractivity contribution in [1.82, 2.24) is 0 Å². The molecule has 0 unspecified atom stereocenters. The molecule has 0 radical (unpaired) electrons. The molecule has 2 aromatic carbocycles. The topological polar surface area (TPSA) is 0 Å². The summed E-state index contributed by atoms with van der Waals surface area (Å²) in [5, 5.41) is 2.59. The summed E-state index contributed by atoms with van der Waals surface area (Å²) in [5.74, 6) is 6.85. The van der Waals surface area contributed by atoms with E-state index in [0.29, 0.717) is 0 Å². The molecule has 0 fully saturated rings. The summed E-state index contributed by atoms with van der Waals surface area (Å²) in [5.41, 5.74) is 9.65. The van der Waals surface area contributed by atoms with Gasteiger partial charge in [-0.1, -0.05) is 63.5 Å². The highest BCUT2D eigenvalue weighted by Crippen LogP contribution is 2.21. The van der Waals surface area contributed by atoms with Crippen LogP contribution < -0.4 is 0 Å². The first-order chi connectivity index (χ1) is 11.1. The maximum atomic E-state index is 3.49. The van der Waals surface area contributed by atoms with Crippen molar-refractivity contribution in [3.8, 4) is 22.9 Å². The van der Waals surface area contributed by atoms with E-state index in [4.69, 9.17) is 0 Å². The summed E-state index contributed by atoms with van der Waals surface area (Å²) in [6, 6.07) is 13.2. The average molecular weight is 349 g/mol. The van der Waals surface area contributed by atoms with Crippen LogP contribution in [0, 0.1) is 22.9 Å². The first-order valence-corrected chi connectivity index (χ1v) is 15.6. The molecule has 24 heavy (non-hydrogen) atoms. The van der Waals surface area contributed by atoms with Crippen molar-refractivity contribution in [3.63, 3.8) is 0 Å². The Kier molecular flexibility index (Phi) is 5.76. The van der Waals surface area contributed by atoms with Crippen LogP contribution in [0.3, 0.4) is 0 Å². The molecule has 0 aliphatic rings. The monoisotopic (exact) mass is 348 g/mol. The minimum atomic E-state index is -1.32. The maximum absolute atomic E-state index is 3.49. The fourth-order valence-electron chi connectivity index (χ4n) is 2.47. The fourth-order valence-corrected chi connectivity index (χ4v) is 3.71. The molecule has 0 bridgehead atoms. The Morgan fingerprint density at radius 1 is 0.667 bits per heavy atom. The first kappa shape index (κ1) is 18.6. The van der Waals surface area contributed by atoms with Crippen LogP contribution in [-0.4, -0.2) is 16.1 Å². The van der Waals surface area contributed by atoms with Crippen molar-refractivity contribution in [2.24, 2.45) is 0 Å². The van der Waals surface area contributed by atoms with E-state index in [9.17, 15) is 0 Å². The molecule has 0 heterocycles. The zero-order chi connectivity index (χ0) is 17.8. The van der Waals surface area contributed by atoms with E-state index < -0.39 is 16.1 Å². The second-order valence-corrected chi connectivity index (χ2v) is 17.9. The lowest BCUT2D eigenvalue weighted by atomic mass is 9.97. The average Bonchev–Trinajstić information content (AvgIpc) is 2.45. The van der Waals surface area contributed by atoms with E-state index in [1.54, 1.807) is 0 Å². The van der Waals surface area contributed by atoms with E-state index in [0.717, 1.165) is 12.8 Å². The van der Waals surface area contributed by atoms with Crippen LogP contribution in [0.15, 0.2) is 36.4 Å². The van der Waals surface area contributed by atoms with Crippen LogP contribution in [0.1, 0.15) is 11.1 Å². The molecule has 0 aromatic heterocycles. The molecule has 0 saturated carbocycles. The first-order valence-electron chi connectivity index (χ1n) is 8.65. The number of benzene rings is 2. The number of hydrogen-bond acceptors (Lipinski definition) is 0. The van der Waals surface area contributed by atoms with Gasteiger partial charge < -0.3 is 0 Å². The van der Waals surface area contributed by atoms with E-state index >= 15 is 0 Å². The van der Waals surface area contributed by atoms with Gasteiger partial charge in [-0.25, -0.2) is 0 Å². The van der Waals surface area contributed by atoms with Gasteiger partial charge in [-0.05, 0) is 34.0 Å². The zero-order valence-corrected chi connectivity index (χ0v) is 17.9. The van der Waals surface area contributed by atoms with Gasteiger partial charge in [0.05, 0.1) is 0 Å². The summed E-state index contributed by atoms with van der Waals surface area (Å²) in [7, 11) is -2.63. The van der Waals surface area contributed by atoms with E-state index in [1.165, 1.54) is 21.9 Å².